The Hall–Kier alpha value is -2.14. The Morgan fingerprint density at radius 2 is 2.00 bits per heavy atom. The van der Waals surface area contributed by atoms with E-state index >= 15 is 0 Å². The molecule has 1 heterocycles. The molecule has 0 spiro atoms. The molecule has 0 saturated carbocycles. The third-order valence-corrected chi connectivity index (χ3v) is 3.00. The Bertz CT molecular complexity index is 577. The molecule has 20 heavy (non-hydrogen) atoms. The van der Waals surface area contributed by atoms with Gasteiger partial charge in [0.25, 0.3) is 0 Å². The van der Waals surface area contributed by atoms with Gasteiger partial charge >= 0.3 is 5.97 Å². The highest BCUT2D eigenvalue weighted by molar-refractivity contribution is 5.86. The maximum absolute atomic E-state index is 12.8. The van der Waals surface area contributed by atoms with Crippen LogP contribution in [0.3, 0.4) is 0 Å². The minimum Gasteiger partial charge on any atom is -0.463 e. The largest absolute Gasteiger partial charge is 0.463 e. The molecule has 0 amide bonds. The summed E-state index contributed by atoms with van der Waals surface area (Å²) in [5.74, 6) is 0.0654. The highest BCUT2D eigenvalue weighted by atomic mass is 19.1. The molecule has 0 aliphatic heterocycles. The molecule has 1 aromatic carbocycles. The van der Waals surface area contributed by atoms with E-state index in [0.29, 0.717) is 12.3 Å². The van der Waals surface area contributed by atoms with Crippen molar-refractivity contribution in [3.05, 3.63) is 59.3 Å². The van der Waals surface area contributed by atoms with E-state index < -0.39 is 5.97 Å². The van der Waals surface area contributed by atoms with Gasteiger partial charge in [-0.3, -0.25) is 0 Å². The summed E-state index contributed by atoms with van der Waals surface area (Å²) in [4.78, 5) is 11.2. The summed E-state index contributed by atoms with van der Waals surface area (Å²) in [6.07, 6.45) is 0. The first-order chi connectivity index (χ1) is 9.60. The summed E-state index contributed by atoms with van der Waals surface area (Å²) < 4.78 is 22.7. The van der Waals surface area contributed by atoms with Crippen molar-refractivity contribution in [1.29, 1.82) is 0 Å². The molecular formula is C15H16FNO3. The summed E-state index contributed by atoms with van der Waals surface area (Å²) in [6.45, 7) is 2.44. The zero-order valence-electron chi connectivity index (χ0n) is 11.4. The van der Waals surface area contributed by atoms with Crippen LogP contribution in [0.25, 0.3) is 0 Å². The van der Waals surface area contributed by atoms with Gasteiger partial charge in [-0.2, -0.15) is 0 Å². The van der Waals surface area contributed by atoms with Crippen molar-refractivity contribution in [3.8, 4) is 0 Å². The first-order valence-electron chi connectivity index (χ1n) is 6.26. The Morgan fingerprint density at radius 3 is 2.65 bits per heavy atom. The van der Waals surface area contributed by atoms with Crippen LogP contribution in [0.2, 0.25) is 0 Å². The fourth-order valence-corrected chi connectivity index (χ4v) is 1.81. The lowest BCUT2D eigenvalue weighted by Crippen LogP contribution is -2.17. The van der Waals surface area contributed by atoms with Crippen molar-refractivity contribution in [3.63, 3.8) is 0 Å². The second-order valence-corrected chi connectivity index (χ2v) is 4.41. The molecule has 0 unspecified atom stereocenters. The molecule has 1 N–H and O–H groups in total. The van der Waals surface area contributed by atoms with Crippen molar-refractivity contribution in [2.24, 2.45) is 0 Å². The molecule has 1 aromatic heterocycles. The van der Waals surface area contributed by atoms with Gasteiger partial charge in [0, 0.05) is 6.04 Å². The number of nitrogens with one attached hydrogen (secondary N) is 1. The smallest absolute Gasteiger partial charge is 0.373 e. The lowest BCUT2D eigenvalue weighted by atomic mass is 10.1. The van der Waals surface area contributed by atoms with E-state index in [0.717, 1.165) is 5.56 Å². The first-order valence-corrected chi connectivity index (χ1v) is 6.26. The lowest BCUT2D eigenvalue weighted by Gasteiger charge is -2.13. The van der Waals surface area contributed by atoms with Crippen LogP contribution in [0.5, 0.6) is 0 Å². The average molecular weight is 277 g/mol. The van der Waals surface area contributed by atoms with Crippen molar-refractivity contribution >= 4 is 5.97 Å². The molecule has 5 heteroatoms. The molecule has 0 radical (unpaired) electrons. The molecule has 106 valence electrons. The van der Waals surface area contributed by atoms with Crippen LogP contribution >= 0.6 is 0 Å². The molecule has 2 rings (SSSR count). The first kappa shape index (κ1) is 14.3. The van der Waals surface area contributed by atoms with E-state index in [9.17, 15) is 9.18 Å². The van der Waals surface area contributed by atoms with Crippen molar-refractivity contribution < 1.29 is 18.3 Å². The molecule has 2 aromatic rings. The number of halogens is 1. The molecule has 0 bridgehead atoms. The van der Waals surface area contributed by atoms with Crippen LogP contribution in [0.4, 0.5) is 4.39 Å². The van der Waals surface area contributed by atoms with Gasteiger partial charge in [0.2, 0.25) is 5.76 Å². The Kier molecular flexibility index (Phi) is 4.53. The van der Waals surface area contributed by atoms with Crippen LogP contribution in [0.15, 0.2) is 40.8 Å². The Morgan fingerprint density at radius 1 is 1.30 bits per heavy atom. The van der Waals surface area contributed by atoms with Crippen LogP contribution in [0, 0.1) is 5.82 Å². The number of benzene rings is 1. The third kappa shape index (κ3) is 3.45. The highest BCUT2D eigenvalue weighted by Gasteiger charge is 2.12. The minimum atomic E-state index is -0.497. The number of hydrogen-bond acceptors (Lipinski definition) is 4. The molecule has 0 saturated heterocycles. The number of ether oxygens (including phenoxy) is 1. The Labute approximate surface area is 116 Å². The topological polar surface area (TPSA) is 51.5 Å². The maximum atomic E-state index is 12.8. The van der Waals surface area contributed by atoms with E-state index in [1.807, 2.05) is 6.92 Å². The van der Waals surface area contributed by atoms with Gasteiger partial charge in [0.1, 0.15) is 11.6 Å². The molecule has 1 atom stereocenters. The molecule has 0 aliphatic carbocycles. The quantitative estimate of drug-likeness (QED) is 0.853. The van der Waals surface area contributed by atoms with Crippen LogP contribution in [0.1, 0.15) is 34.8 Å². The highest BCUT2D eigenvalue weighted by Crippen LogP contribution is 2.15. The molecule has 0 aliphatic rings. The zero-order valence-corrected chi connectivity index (χ0v) is 11.4. The van der Waals surface area contributed by atoms with Crippen LogP contribution in [-0.4, -0.2) is 13.1 Å². The predicted octanol–water partition coefficient (Wildman–Crippen LogP) is 3.06. The van der Waals surface area contributed by atoms with Crippen molar-refractivity contribution in [2.75, 3.05) is 7.11 Å². The minimum absolute atomic E-state index is 0.0438. The van der Waals surface area contributed by atoms with E-state index in [1.165, 1.54) is 19.2 Å². The molecule has 0 fully saturated rings. The Balaban J connectivity index is 1.93. The van der Waals surface area contributed by atoms with Gasteiger partial charge in [-0.1, -0.05) is 12.1 Å². The fraction of sp³-hybridized carbons (Fsp3) is 0.267. The van der Waals surface area contributed by atoms with Crippen molar-refractivity contribution in [2.45, 2.75) is 19.5 Å². The second kappa shape index (κ2) is 6.34. The van der Waals surface area contributed by atoms with E-state index in [-0.39, 0.29) is 17.6 Å². The maximum Gasteiger partial charge on any atom is 0.373 e. The molecule has 4 nitrogen and oxygen atoms in total. The van der Waals surface area contributed by atoms with E-state index in [4.69, 9.17) is 4.42 Å². The number of carbonyl (C=O) groups excluding carboxylic acids is 1. The standard InChI is InChI=1S/C15H16FNO3/c1-10(11-3-5-12(16)6-4-11)17-9-13-7-8-14(20-13)15(18)19-2/h3-8,10,17H,9H2,1-2H3/t10-/m1/s1. The number of methoxy groups -OCH3 is 1. The summed E-state index contributed by atoms with van der Waals surface area (Å²) in [5.41, 5.74) is 0.978. The van der Waals surface area contributed by atoms with Gasteiger partial charge in [-0.05, 0) is 36.8 Å². The number of hydrogen-bond donors (Lipinski definition) is 1. The normalized spacial score (nSPS) is 12.2. The van der Waals surface area contributed by atoms with Crippen LogP contribution in [-0.2, 0) is 11.3 Å². The lowest BCUT2D eigenvalue weighted by molar-refractivity contribution is 0.0563. The SMILES string of the molecule is COC(=O)c1ccc(CN[C@H](C)c2ccc(F)cc2)o1. The van der Waals surface area contributed by atoms with Gasteiger partial charge < -0.3 is 14.5 Å². The average Bonchev–Trinajstić information content (AvgIpc) is 2.93. The summed E-state index contributed by atoms with van der Waals surface area (Å²) in [6, 6.07) is 9.65. The molecular weight excluding hydrogens is 261 g/mol. The van der Waals surface area contributed by atoms with Crippen LogP contribution < -0.4 is 5.32 Å². The predicted molar refractivity (Wildman–Crippen MR) is 71.7 cm³/mol. The van der Waals surface area contributed by atoms with Crippen molar-refractivity contribution in [1.82, 2.24) is 5.32 Å². The van der Waals surface area contributed by atoms with E-state index in [2.05, 4.69) is 10.1 Å². The summed E-state index contributed by atoms with van der Waals surface area (Å²) in [7, 11) is 1.30. The second-order valence-electron chi connectivity index (χ2n) is 4.41. The van der Waals surface area contributed by atoms with E-state index in [1.54, 1.807) is 24.3 Å². The van der Waals surface area contributed by atoms with Gasteiger partial charge in [0.05, 0.1) is 13.7 Å². The zero-order chi connectivity index (χ0) is 14.5. The van der Waals surface area contributed by atoms with Gasteiger partial charge in [0.15, 0.2) is 0 Å². The fourth-order valence-electron chi connectivity index (χ4n) is 1.81. The number of furan rings is 1. The van der Waals surface area contributed by atoms with Gasteiger partial charge in [-0.25, -0.2) is 9.18 Å². The third-order valence-electron chi connectivity index (χ3n) is 3.00. The van der Waals surface area contributed by atoms with Gasteiger partial charge in [-0.15, -0.1) is 0 Å². The summed E-state index contributed by atoms with van der Waals surface area (Å²) >= 11 is 0. The number of rotatable bonds is 5. The summed E-state index contributed by atoms with van der Waals surface area (Å²) in [5, 5.41) is 3.24. The monoisotopic (exact) mass is 277 g/mol. The number of esters is 1. The number of carbonyl (C=O) groups is 1.